The van der Waals surface area contributed by atoms with Gasteiger partial charge in [0.1, 0.15) is 4.88 Å². The number of carboxylic acids is 1. The van der Waals surface area contributed by atoms with Crippen molar-refractivity contribution in [2.24, 2.45) is 0 Å². The minimum atomic E-state index is -1.13. The fourth-order valence-electron chi connectivity index (χ4n) is 1.58. The molecular formula is C12H10ClN3O3S. The summed E-state index contributed by atoms with van der Waals surface area (Å²) in [6.45, 7) is 1.68. The van der Waals surface area contributed by atoms with Gasteiger partial charge in [-0.15, -0.1) is 0 Å². The first-order valence-corrected chi connectivity index (χ1v) is 6.65. The maximum absolute atomic E-state index is 12.0. The molecule has 0 unspecified atom stereocenters. The lowest BCUT2D eigenvalue weighted by Gasteiger charge is -2.06. The molecule has 0 aliphatic carbocycles. The number of halogens is 1. The number of nitrogens with two attached hydrogens (primary N) is 1. The maximum Gasteiger partial charge on any atom is 0.337 e. The number of benzene rings is 1. The smallest absolute Gasteiger partial charge is 0.337 e. The van der Waals surface area contributed by atoms with E-state index >= 15 is 0 Å². The molecule has 0 bridgehead atoms. The van der Waals surface area contributed by atoms with Crippen molar-refractivity contribution >= 4 is 45.6 Å². The van der Waals surface area contributed by atoms with Gasteiger partial charge in [0.15, 0.2) is 5.13 Å². The summed E-state index contributed by atoms with van der Waals surface area (Å²) in [5, 5.41) is 11.8. The molecule has 1 aromatic heterocycles. The van der Waals surface area contributed by atoms with E-state index in [1.807, 2.05) is 0 Å². The van der Waals surface area contributed by atoms with E-state index in [0.717, 1.165) is 11.3 Å². The van der Waals surface area contributed by atoms with Crippen LogP contribution in [0.3, 0.4) is 0 Å². The monoisotopic (exact) mass is 311 g/mol. The van der Waals surface area contributed by atoms with E-state index in [4.69, 9.17) is 22.4 Å². The zero-order valence-corrected chi connectivity index (χ0v) is 11.9. The molecule has 0 radical (unpaired) electrons. The lowest BCUT2D eigenvalue weighted by atomic mass is 10.2. The highest BCUT2D eigenvalue weighted by atomic mass is 35.5. The van der Waals surface area contributed by atoms with E-state index in [-0.39, 0.29) is 16.5 Å². The number of thiazole rings is 1. The van der Waals surface area contributed by atoms with Gasteiger partial charge in [0.2, 0.25) is 0 Å². The molecule has 0 aliphatic rings. The molecule has 0 saturated heterocycles. The van der Waals surface area contributed by atoms with Crippen LogP contribution in [-0.4, -0.2) is 22.0 Å². The van der Waals surface area contributed by atoms with Gasteiger partial charge in [-0.25, -0.2) is 9.78 Å². The van der Waals surface area contributed by atoms with Crippen LogP contribution in [0, 0.1) is 6.92 Å². The van der Waals surface area contributed by atoms with Crippen LogP contribution in [0.4, 0.5) is 10.8 Å². The highest BCUT2D eigenvalue weighted by Crippen LogP contribution is 2.24. The number of rotatable bonds is 3. The minimum absolute atomic E-state index is 0.0251. The number of aryl methyl sites for hydroxylation is 1. The fourth-order valence-corrected chi connectivity index (χ4v) is 2.57. The van der Waals surface area contributed by atoms with E-state index in [0.29, 0.717) is 21.4 Å². The summed E-state index contributed by atoms with van der Waals surface area (Å²) in [4.78, 5) is 27.2. The van der Waals surface area contributed by atoms with Gasteiger partial charge in [0.25, 0.3) is 5.91 Å². The summed E-state index contributed by atoms with van der Waals surface area (Å²) < 4.78 is 0. The molecule has 0 saturated carbocycles. The zero-order chi connectivity index (χ0) is 14.9. The first-order chi connectivity index (χ1) is 9.38. The second kappa shape index (κ2) is 5.48. The quantitative estimate of drug-likeness (QED) is 0.808. The Hall–Kier alpha value is -2.12. The lowest BCUT2D eigenvalue weighted by molar-refractivity contribution is 0.0697. The Balaban J connectivity index is 2.22. The first kappa shape index (κ1) is 14.3. The number of anilines is 2. The van der Waals surface area contributed by atoms with Crippen molar-refractivity contribution in [1.29, 1.82) is 0 Å². The van der Waals surface area contributed by atoms with Crippen molar-refractivity contribution in [2.75, 3.05) is 11.1 Å². The molecule has 104 valence electrons. The summed E-state index contributed by atoms with van der Waals surface area (Å²) in [6, 6.07) is 4.17. The molecule has 0 fully saturated rings. The molecule has 8 heteroatoms. The number of carboxylic acid groups (broad SMARTS) is 1. The first-order valence-electron chi connectivity index (χ1n) is 5.45. The van der Waals surface area contributed by atoms with Crippen LogP contribution < -0.4 is 11.1 Å². The second-order valence-electron chi connectivity index (χ2n) is 3.92. The molecule has 0 aliphatic heterocycles. The number of amides is 1. The fraction of sp³-hybridized carbons (Fsp3) is 0.0833. The molecule has 2 aromatic rings. The Kier molecular flexibility index (Phi) is 3.91. The number of hydrogen-bond donors (Lipinski definition) is 3. The van der Waals surface area contributed by atoms with Crippen LogP contribution in [0.5, 0.6) is 0 Å². The maximum atomic E-state index is 12.0. The summed E-state index contributed by atoms with van der Waals surface area (Å²) in [5.74, 6) is -1.49. The van der Waals surface area contributed by atoms with Crippen molar-refractivity contribution in [2.45, 2.75) is 6.92 Å². The van der Waals surface area contributed by atoms with Crippen molar-refractivity contribution < 1.29 is 14.7 Å². The van der Waals surface area contributed by atoms with Gasteiger partial charge in [-0.2, -0.15) is 0 Å². The summed E-state index contributed by atoms with van der Waals surface area (Å²) in [6.07, 6.45) is 0. The minimum Gasteiger partial charge on any atom is -0.478 e. The van der Waals surface area contributed by atoms with Crippen LogP contribution in [0.2, 0.25) is 5.02 Å². The van der Waals surface area contributed by atoms with Gasteiger partial charge in [-0.1, -0.05) is 22.9 Å². The number of nitrogen functional groups attached to an aromatic ring is 1. The normalized spacial score (nSPS) is 10.3. The summed E-state index contributed by atoms with van der Waals surface area (Å²) >= 11 is 6.91. The second-order valence-corrected chi connectivity index (χ2v) is 5.36. The van der Waals surface area contributed by atoms with Crippen LogP contribution in [0.25, 0.3) is 0 Å². The van der Waals surface area contributed by atoms with E-state index in [1.165, 1.54) is 18.2 Å². The molecule has 0 atom stereocenters. The van der Waals surface area contributed by atoms with Crippen LogP contribution in [0.1, 0.15) is 25.7 Å². The Morgan fingerprint density at radius 1 is 1.45 bits per heavy atom. The number of nitrogens with one attached hydrogen (secondary N) is 1. The van der Waals surface area contributed by atoms with Crippen molar-refractivity contribution in [3.63, 3.8) is 0 Å². The summed E-state index contributed by atoms with van der Waals surface area (Å²) in [7, 11) is 0. The predicted molar refractivity (Wildman–Crippen MR) is 77.6 cm³/mol. The van der Waals surface area contributed by atoms with Crippen LogP contribution in [-0.2, 0) is 0 Å². The Morgan fingerprint density at radius 2 is 2.15 bits per heavy atom. The van der Waals surface area contributed by atoms with Crippen LogP contribution >= 0.6 is 22.9 Å². The topological polar surface area (TPSA) is 105 Å². The third-order valence-corrected chi connectivity index (χ3v) is 3.77. The Morgan fingerprint density at radius 3 is 2.65 bits per heavy atom. The van der Waals surface area contributed by atoms with Gasteiger partial charge in [0.05, 0.1) is 16.3 Å². The van der Waals surface area contributed by atoms with E-state index in [2.05, 4.69) is 10.3 Å². The average molecular weight is 312 g/mol. The number of aromatic carboxylic acids is 1. The Bertz CT molecular complexity index is 699. The SMILES string of the molecule is Cc1nc(N)sc1C(=O)Nc1ccc(C(=O)O)c(Cl)c1. The van der Waals surface area contributed by atoms with E-state index in [9.17, 15) is 9.59 Å². The molecule has 1 amide bonds. The standard InChI is InChI=1S/C12H10ClN3O3S/c1-5-9(20-12(14)15-5)10(17)16-6-2-3-7(11(18)19)8(13)4-6/h2-4H,1H3,(H2,14,15)(H,16,17)(H,18,19). The molecule has 2 rings (SSSR count). The molecule has 0 spiro atoms. The molecule has 1 heterocycles. The largest absolute Gasteiger partial charge is 0.478 e. The van der Waals surface area contributed by atoms with Gasteiger partial charge in [0, 0.05) is 5.69 Å². The molecule has 20 heavy (non-hydrogen) atoms. The number of carbonyl (C=O) groups excluding carboxylic acids is 1. The number of hydrogen-bond acceptors (Lipinski definition) is 5. The zero-order valence-electron chi connectivity index (χ0n) is 10.3. The number of aromatic nitrogens is 1. The van der Waals surface area contributed by atoms with E-state index < -0.39 is 5.97 Å². The van der Waals surface area contributed by atoms with Gasteiger partial charge >= 0.3 is 5.97 Å². The number of carbonyl (C=O) groups is 2. The van der Waals surface area contributed by atoms with E-state index in [1.54, 1.807) is 6.92 Å². The highest BCUT2D eigenvalue weighted by Gasteiger charge is 2.15. The molecular weight excluding hydrogens is 302 g/mol. The third-order valence-electron chi connectivity index (χ3n) is 2.48. The molecule has 4 N–H and O–H groups in total. The van der Waals surface area contributed by atoms with Crippen LogP contribution in [0.15, 0.2) is 18.2 Å². The highest BCUT2D eigenvalue weighted by molar-refractivity contribution is 7.17. The average Bonchev–Trinajstić information content (AvgIpc) is 2.68. The molecule has 6 nitrogen and oxygen atoms in total. The van der Waals surface area contributed by atoms with Crippen molar-refractivity contribution in [3.05, 3.63) is 39.4 Å². The lowest BCUT2D eigenvalue weighted by Crippen LogP contribution is -2.12. The third kappa shape index (κ3) is 2.89. The molecule has 1 aromatic carbocycles. The predicted octanol–water partition coefficient (Wildman–Crippen LogP) is 2.64. The van der Waals surface area contributed by atoms with Crippen molar-refractivity contribution in [1.82, 2.24) is 4.98 Å². The number of nitrogens with zero attached hydrogens (tertiary/aromatic N) is 1. The summed E-state index contributed by atoms with van der Waals surface area (Å²) in [5.41, 5.74) is 6.44. The Labute approximate surface area is 123 Å². The van der Waals surface area contributed by atoms with Gasteiger partial charge in [-0.3, -0.25) is 4.79 Å². The van der Waals surface area contributed by atoms with Gasteiger partial charge < -0.3 is 16.2 Å². The van der Waals surface area contributed by atoms with Gasteiger partial charge in [-0.05, 0) is 25.1 Å². The van der Waals surface area contributed by atoms with Crippen molar-refractivity contribution in [3.8, 4) is 0 Å².